The highest BCUT2D eigenvalue weighted by molar-refractivity contribution is 6.04. The lowest BCUT2D eigenvalue weighted by molar-refractivity contribution is -0.125. The first-order valence-corrected chi connectivity index (χ1v) is 9.68. The maximum Gasteiger partial charge on any atom is 0.228 e. The second-order valence-electron chi connectivity index (χ2n) is 7.20. The van der Waals surface area contributed by atoms with Crippen molar-refractivity contribution >= 4 is 28.4 Å². The minimum atomic E-state index is -0.256. The number of fused-ring (bicyclic) bond motifs is 1. The minimum absolute atomic E-state index is 0.0238. The lowest BCUT2D eigenvalue weighted by Crippen LogP contribution is -2.28. The molecule has 2 atom stereocenters. The molecule has 1 fully saturated rings. The molecule has 1 saturated carbocycles. The molecule has 5 nitrogen and oxygen atoms in total. The average molecular weight is 373 g/mol. The van der Waals surface area contributed by atoms with Crippen LogP contribution in [0.4, 0.5) is 5.69 Å². The molecule has 28 heavy (non-hydrogen) atoms. The van der Waals surface area contributed by atoms with E-state index in [-0.39, 0.29) is 23.7 Å². The Bertz CT molecular complexity index is 982. The maximum absolute atomic E-state index is 12.5. The molecule has 2 N–H and O–H groups in total. The molecule has 1 aliphatic carbocycles. The standard InChI is InChI=1S/C23H23N3O2/c27-22(25-14-5-9-16-7-2-1-3-8-16)18-15-19(18)23(28)26-20-12-4-10-17-11-6-13-24-21(17)20/h1-4,6-8,10-13,18-19H,5,9,14-15H2,(H,25,27)(H,26,28). The monoisotopic (exact) mass is 373 g/mol. The van der Waals surface area contributed by atoms with Crippen molar-refractivity contribution in [2.45, 2.75) is 19.3 Å². The number of pyridine rings is 1. The number of para-hydroxylation sites is 1. The number of anilines is 1. The fourth-order valence-electron chi connectivity index (χ4n) is 3.48. The summed E-state index contributed by atoms with van der Waals surface area (Å²) in [5.41, 5.74) is 2.72. The third-order valence-corrected chi connectivity index (χ3v) is 5.14. The van der Waals surface area contributed by atoms with Crippen LogP contribution in [0, 0.1) is 11.8 Å². The zero-order valence-corrected chi connectivity index (χ0v) is 15.6. The molecule has 2 aromatic carbocycles. The molecule has 2 amide bonds. The number of hydrogen-bond donors (Lipinski definition) is 2. The van der Waals surface area contributed by atoms with Crippen molar-refractivity contribution in [2.24, 2.45) is 11.8 Å². The topological polar surface area (TPSA) is 71.1 Å². The molecule has 0 saturated heterocycles. The molecule has 4 rings (SSSR count). The van der Waals surface area contributed by atoms with Crippen LogP contribution in [-0.4, -0.2) is 23.3 Å². The Kier molecular flexibility index (Phi) is 5.33. The molecule has 0 aliphatic heterocycles. The number of carbonyl (C=O) groups is 2. The van der Waals surface area contributed by atoms with Gasteiger partial charge in [0.05, 0.1) is 23.0 Å². The number of benzene rings is 2. The SMILES string of the molecule is O=C(NCCCc1ccccc1)C1CC1C(=O)Nc1cccc2cccnc12. The second kappa shape index (κ2) is 8.21. The fourth-order valence-corrected chi connectivity index (χ4v) is 3.48. The molecular weight excluding hydrogens is 350 g/mol. The molecule has 0 bridgehead atoms. The van der Waals surface area contributed by atoms with Crippen LogP contribution >= 0.6 is 0 Å². The Morgan fingerprint density at radius 2 is 1.71 bits per heavy atom. The van der Waals surface area contributed by atoms with Crippen LogP contribution in [0.3, 0.4) is 0 Å². The fraction of sp³-hybridized carbons (Fsp3) is 0.261. The van der Waals surface area contributed by atoms with E-state index >= 15 is 0 Å². The van der Waals surface area contributed by atoms with Gasteiger partial charge in [0.2, 0.25) is 11.8 Å². The van der Waals surface area contributed by atoms with E-state index < -0.39 is 0 Å². The van der Waals surface area contributed by atoms with Gasteiger partial charge in [-0.15, -0.1) is 0 Å². The molecule has 142 valence electrons. The van der Waals surface area contributed by atoms with Gasteiger partial charge in [0.1, 0.15) is 0 Å². The van der Waals surface area contributed by atoms with Crippen LogP contribution in [0.1, 0.15) is 18.4 Å². The molecular formula is C23H23N3O2. The van der Waals surface area contributed by atoms with Crippen molar-refractivity contribution in [3.63, 3.8) is 0 Å². The number of nitrogens with zero attached hydrogens (tertiary/aromatic N) is 1. The molecule has 2 unspecified atom stereocenters. The number of nitrogens with one attached hydrogen (secondary N) is 2. The van der Waals surface area contributed by atoms with Crippen molar-refractivity contribution in [1.82, 2.24) is 10.3 Å². The first-order chi connectivity index (χ1) is 13.7. The van der Waals surface area contributed by atoms with E-state index in [9.17, 15) is 9.59 Å². The van der Waals surface area contributed by atoms with E-state index in [0.29, 0.717) is 18.7 Å². The Hall–Kier alpha value is -3.21. The van der Waals surface area contributed by atoms with Gasteiger partial charge in [0.15, 0.2) is 0 Å². The van der Waals surface area contributed by atoms with Crippen LogP contribution in [0.2, 0.25) is 0 Å². The van der Waals surface area contributed by atoms with Gasteiger partial charge in [-0.1, -0.05) is 48.5 Å². The lowest BCUT2D eigenvalue weighted by Gasteiger charge is -2.08. The summed E-state index contributed by atoms with van der Waals surface area (Å²) in [6, 6.07) is 19.7. The van der Waals surface area contributed by atoms with E-state index in [1.165, 1.54) is 5.56 Å². The van der Waals surface area contributed by atoms with Crippen LogP contribution in [-0.2, 0) is 16.0 Å². The quantitative estimate of drug-likeness (QED) is 0.622. The van der Waals surface area contributed by atoms with Gasteiger partial charge in [-0.2, -0.15) is 0 Å². The van der Waals surface area contributed by atoms with Crippen molar-refractivity contribution in [2.75, 3.05) is 11.9 Å². The van der Waals surface area contributed by atoms with Gasteiger partial charge >= 0.3 is 0 Å². The van der Waals surface area contributed by atoms with E-state index in [0.717, 1.165) is 23.7 Å². The van der Waals surface area contributed by atoms with E-state index in [1.54, 1.807) is 6.20 Å². The number of hydrogen-bond acceptors (Lipinski definition) is 3. The Morgan fingerprint density at radius 1 is 0.929 bits per heavy atom. The zero-order valence-electron chi connectivity index (χ0n) is 15.6. The van der Waals surface area contributed by atoms with Gasteiger partial charge in [-0.25, -0.2) is 0 Å². The van der Waals surface area contributed by atoms with Crippen molar-refractivity contribution in [3.05, 3.63) is 72.4 Å². The van der Waals surface area contributed by atoms with Crippen LogP contribution in [0.25, 0.3) is 10.9 Å². The van der Waals surface area contributed by atoms with Gasteiger partial charge in [0, 0.05) is 18.1 Å². The number of rotatable bonds is 7. The highest BCUT2D eigenvalue weighted by atomic mass is 16.2. The average Bonchev–Trinajstić information content (AvgIpc) is 3.53. The highest BCUT2D eigenvalue weighted by Crippen LogP contribution is 2.39. The number of carbonyl (C=O) groups excluding carboxylic acids is 2. The summed E-state index contributed by atoms with van der Waals surface area (Å²) in [5.74, 6) is -0.611. The van der Waals surface area contributed by atoms with Crippen molar-refractivity contribution in [1.29, 1.82) is 0 Å². The molecule has 1 aliphatic rings. The lowest BCUT2D eigenvalue weighted by atomic mass is 10.1. The van der Waals surface area contributed by atoms with Crippen LogP contribution in [0.15, 0.2) is 66.9 Å². The smallest absolute Gasteiger partial charge is 0.228 e. The van der Waals surface area contributed by atoms with Crippen LogP contribution in [0.5, 0.6) is 0 Å². The Labute approximate surface area is 164 Å². The number of aryl methyl sites for hydroxylation is 1. The van der Waals surface area contributed by atoms with E-state index in [4.69, 9.17) is 0 Å². The number of aromatic nitrogens is 1. The van der Waals surface area contributed by atoms with E-state index in [2.05, 4.69) is 27.8 Å². The first-order valence-electron chi connectivity index (χ1n) is 9.68. The summed E-state index contributed by atoms with van der Waals surface area (Å²) >= 11 is 0. The molecule has 5 heteroatoms. The van der Waals surface area contributed by atoms with Crippen LogP contribution < -0.4 is 10.6 Å². The molecule has 0 radical (unpaired) electrons. The largest absolute Gasteiger partial charge is 0.356 e. The zero-order chi connectivity index (χ0) is 19.3. The van der Waals surface area contributed by atoms with Crippen molar-refractivity contribution in [3.8, 4) is 0 Å². The first kappa shape index (κ1) is 18.2. The molecule has 1 aromatic heterocycles. The number of amides is 2. The summed E-state index contributed by atoms with van der Waals surface area (Å²) in [4.78, 5) is 29.2. The molecule has 1 heterocycles. The maximum atomic E-state index is 12.5. The van der Waals surface area contributed by atoms with Gasteiger partial charge in [-0.05, 0) is 37.0 Å². The highest BCUT2D eigenvalue weighted by Gasteiger charge is 2.47. The summed E-state index contributed by atoms with van der Waals surface area (Å²) < 4.78 is 0. The van der Waals surface area contributed by atoms with Gasteiger partial charge in [-0.3, -0.25) is 14.6 Å². The van der Waals surface area contributed by atoms with E-state index in [1.807, 2.05) is 48.5 Å². The van der Waals surface area contributed by atoms with Gasteiger partial charge < -0.3 is 10.6 Å². The summed E-state index contributed by atoms with van der Waals surface area (Å²) in [5, 5.41) is 6.88. The molecule has 3 aromatic rings. The second-order valence-corrected chi connectivity index (χ2v) is 7.20. The third kappa shape index (κ3) is 4.19. The van der Waals surface area contributed by atoms with Crippen molar-refractivity contribution < 1.29 is 9.59 Å². The van der Waals surface area contributed by atoms with Gasteiger partial charge in [0.25, 0.3) is 0 Å². The predicted molar refractivity (Wildman–Crippen MR) is 110 cm³/mol. The summed E-state index contributed by atoms with van der Waals surface area (Å²) in [7, 11) is 0. The Morgan fingerprint density at radius 3 is 2.57 bits per heavy atom. The normalized spacial score (nSPS) is 17.9. The Balaban J connectivity index is 1.25. The summed E-state index contributed by atoms with van der Waals surface area (Å²) in [6.45, 7) is 0.631. The summed E-state index contributed by atoms with van der Waals surface area (Å²) in [6.07, 6.45) is 4.14. The molecule has 0 spiro atoms. The predicted octanol–water partition coefficient (Wildman–Crippen LogP) is 3.56. The minimum Gasteiger partial charge on any atom is -0.356 e. The third-order valence-electron chi connectivity index (χ3n) is 5.14.